The van der Waals surface area contributed by atoms with Crippen LogP contribution in [0.15, 0.2) is 96.0 Å². The highest BCUT2D eigenvalue weighted by molar-refractivity contribution is 6.08. The van der Waals surface area contributed by atoms with Crippen molar-refractivity contribution in [1.29, 1.82) is 0 Å². The van der Waals surface area contributed by atoms with Crippen molar-refractivity contribution in [2.45, 2.75) is 31.7 Å². The largest absolute Gasteiger partial charge is 0.467 e. The molecule has 35 heavy (non-hydrogen) atoms. The van der Waals surface area contributed by atoms with Crippen LogP contribution in [0.25, 0.3) is 27.4 Å². The van der Waals surface area contributed by atoms with E-state index in [4.69, 9.17) is 4.42 Å². The van der Waals surface area contributed by atoms with Gasteiger partial charge in [-0.05, 0) is 81.6 Å². The highest BCUT2D eigenvalue weighted by Crippen LogP contribution is 2.39. The average Bonchev–Trinajstić information content (AvgIpc) is 3.58. The maximum atomic E-state index is 11.1. The van der Waals surface area contributed by atoms with Gasteiger partial charge >= 0.3 is 0 Å². The molecule has 5 aromatic rings. The van der Waals surface area contributed by atoms with Crippen molar-refractivity contribution in [3.8, 4) is 0 Å². The number of aromatic nitrogens is 1. The summed E-state index contributed by atoms with van der Waals surface area (Å²) in [5.41, 5.74) is 4.02. The summed E-state index contributed by atoms with van der Waals surface area (Å²) >= 11 is 0. The molecule has 6 rings (SSSR count). The Balaban J connectivity index is 1.29. The van der Waals surface area contributed by atoms with Crippen molar-refractivity contribution in [2.75, 3.05) is 0 Å². The van der Waals surface area contributed by atoms with Gasteiger partial charge in [0.1, 0.15) is 5.76 Å². The Kier molecular flexibility index (Phi) is 5.34. The van der Waals surface area contributed by atoms with Crippen LogP contribution in [-0.4, -0.2) is 9.49 Å². The molecule has 0 aliphatic heterocycles. The second-order valence-electron chi connectivity index (χ2n) is 9.07. The molecule has 0 radical (unpaired) electrons. The summed E-state index contributed by atoms with van der Waals surface area (Å²) in [5.74, 6) is 1.56. The molecule has 1 atom stereocenters. The van der Waals surface area contributed by atoms with Crippen molar-refractivity contribution < 1.29 is 9.34 Å². The highest BCUT2D eigenvalue weighted by Gasteiger charge is 2.25. The number of benzene rings is 3. The van der Waals surface area contributed by atoms with E-state index >= 15 is 0 Å². The summed E-state index contributed by atoms with van der Waals surface area (Å²) in [5, 5.41) is 19.5. The van der Waals surface area contributed by atoms with Crippen LogP contribution < -0.4 is 5.32 Å². The summed E-state index contributed by atoms with van der Waals surface area (Å²) in [6.07, 6.45) is 9.29. The molecular formula is C29H25N3O3. The lowest BCUT2D eigenvalue weighted by Crippen LogP contribution is -2.19. The lowest BCUT2D eigenvalue weighted by Gasteiger charge is -2.26. The van der Waals surface area contributed by atoms with Crippen molar-refractivity contribution >= 4 is 27.4 Å². The molecule has 2 aromatic heterocycles. The van der Waals surface area contributed by atoms with Crippen LogP contribution in [0.2, 0.25) is 0 Å². The zero-order valence-corrected chi connectivity index (χ0v) is 19.2. The minimum absolute atomic E-state index is 0.338. The highest BCUT2D eigenvalue weighted by atomic mass is 16.6. The Labute approximate surface area is 202 Å². The Morgan fingerprint density at radius 1 is 1.03 bits per heavy atom. The number of furan rings is 1. The van der Waals surface area contributed by atoms with Gasteiger partial charge in [0.05, 0.1) is 17.7 Å². The summed E-state index contributed by atoms with van der Waals surface area (Å²) in [6, 6.07) is 23.3. The van der Waals surface area contributed by atoms with Gasteiger partial charge < -0.3 is 14.3 Å². The first-order valence-corrected chi connectivity index (χ1v) is 11.9. The molecule has 0 bridgehead atoms. The van der Waals surface area contributed by atoms with Crippen molar-refractivity contribution in [1.82, 2.24) is 9.88 Å². The third kappa shape index (κ3) is 3.97. The van der Waals surface area contributed by atoms with Gasteiger partial charge in [-0.2, -0.15) is 0 Å². The second kappa shape index (κ2) is 8.80. The van der Waals surface area contributed by atoms with Crippen LogP contribution in [0.4, 0.5) is 0 Å². The van der Waals surface area contributed by atoms with E-state index in [1.165, 1.54) is 38.2 Å². The van der Waals surface area contributed by atoms with Gasteiger partial charge in [-0.25, -0.2) is 0 Å². The summed E-state index contributed by atoms with van der Waals surface area (Å²) in [4.78, 5) is 10.7. The molecule has 0 saturated heterocycles. The first kappa shape index (κ1) is 21.2. The maximum absolute atomic E-state index is 11.1. The minimum atomic E-state index is -0.446. The number of fused-ring (bicyclic) bond motifs is 5. The molecule has 1 aliphatic rings. The first-order chi connectivity index (χ1) is 17.2. The second-order valence-corrected chi connectivity index (χ2v) is 9.07. The number of rotatable bonds is 6. The van der Waals surface area contributed by atoms with Crippen molar-refractivity contribution in [3.05, 3.63) is 124 Å². The fourth-order valence-electron chi connectivity index (χ4n) is 5.44. The van der Waals surface area contributed by atoms with Gasteiger partial charge in [-0.15, -0.1) is 0 Å². The van der Waals surface area contributed by atoms with E-state index < -0.39 is 4.92 Å². The smallest absolute Gasteiger partial charge is 0.275 e. The summed E-state index contributed by atoms with van der Waals surface area (Å²) in [7, 11) is 0. The molecule has 0 fully saturated rings. The van der Waals surface area contributed by atoms with E-state index in [1.807, 2.05) is 12.1 Å². The number of hydrogen-bond acceptors (Lipinski definition) is 4. The van der Waals surface area contributed by atoms with E-state index in [2.05, 4.69) is 59.9 Å². The van der Waals surface area contributed by atoms with Gasteiger partial charge in [0.25, 0.3) is 6.20 Å². The molecule has 0 spiro atoms. The van der Waals surface area contributed by atoms with E-state index in [1.54, 1.807) is 23.2 Å². The molecule has 2 heterocycles. The maximum Gasteiger partial charge on any atom is 0.275 e. The molecule has 0 amide bonds. The molecule has 6 nitrogen and oxygen atoms in total. The molecule has 174 valence electrons. The Morgan fingerprint density at radius 2 is 1.86 bits per heavy atom. The SMILES string of the molecule is O=[N+]([O-])C=C(NCc1occc1C1CCc2ccc3c(ccc4ccccc43)c2C1)n1cccc1. The number of hydrogen-bond donors (Lipinski definition) is 1. The number of aryl methyl sites for hydroxylation is 1. The summed E-state index contributed by atoms with van der Waals surface area (Å²) < 4.78 is 7.55. The predicted octanol–water partition coefficient (Wildman–Crippen LogP) is 6.48. The minimum Gasteiger partial charge on any atom is -0.467 e. The van der Waals surface area contributed by atoms with Crippen LogP contribution in [0.5, 0.6) is 0 Å². The number of nitrogens with zero attached hydrogens (tertiary/aromatic N) is 2. The number of nitro groups is 1. The van der Waals surface area contributed by atoms with E-state index in [9.17, 15) is 10.1 Å². The van der Waals surface area contributed by atoms with Gasteiger partial charge in [0, 0.05) is 12.4 Å². The Morgan fingerprint density at radius 3 is 2.71 bits per heavy atom. The van der Waals surface area contributed by atoms with E-state index in [-0.39, 0.29) is 0 Å². The standard InChI is InChI=1S/C29H25N3O3/c33-32(34)19-29(31-14-3-4-15-31)30-18-28-24(13-16-35-28)22-8-7-21-10-11-25-23-6-2-1-5-20(23)9-12-26(25)27(21)17-22/h1-6,9-16,19,22,30H,7-8,17-18H2. The molecule has 6 heteroatoms. The van der Waals surface area contributed by atoms with Crippen LogP contribution in [0.3, 0.4) is 0 Å². The van der Waals surface area contributed by atoms with Gasteiger partial charge in [0.15, 0.2) is 5.82 Å². The van der Waals surface area contributed by atoms with Gasteiger partial charge in [0.2, 0.25) is 0 Å². The van der Waals surface area contributed by atoms with Crippen molar-refractivity contribution in [3.63, 3.8) is 0 Å². The fourth-order valence-corrected chi connectivity index (χ4v) is 5.44. The molecule has 3 aromatic carbocycles. The third-order valence-electron chi connectivity index (χ3n) is 7.11. The van der Waals surface area contributed by atoms with E-state index in [0.717, 1.165) is 31.2 Å². The average molecular weight is 464 g/mol. The van der Waals surface area contributed by atoms with Crippen LogP contribution >= 0.6 is 0 Å². The van der Waals surface area contributed by atoms with E-state index in [0.29, 0.717) is 18.3 Å². The molecule has 1 unspecified atom stereocenters. The fraction of sp³-hybridized carbons (Fsp3) is 0.172. The molecular weight excluding hydrogens is 438 g/mol. The zero-order valence-electron chi connectivity index (χ0n) is 19.2. The van der Waals surface area contributed by atoms with Crippen molar-refractivity contribution in [2.24, 2.45) is 0 Å². The normalized spacial score (nSPS) is 15.9. The van der Waals surface area contributed by atoms with Crippen LogP contribution in [-0.2, 0) is 19.4 Å². The monoisotopic (exact) mass is 463 g/mol. The predicted molar refractivity (Wildman–Crippen MR) is 137 cm³/mol. The summed E-state index contributed by atoms with van der Waals surface area (Å²) in [6.45, 7) is 0.379. The third-order valence-corrected chi connectivity index (χ3v) is 7.11. The van der Waals surface area contributed by atoms with Crippen LogP contribution in [0.1, 0.15) is 34.8 Å². The van der Waals surface area contributed by atoms with Crippen LogP contribution in [0, 0.1) is 10.1 Å². The van der Waals surface area contributed by atoms with Gasteiger partial charge in [-0.1, -0.05) is 48.5 Å². The lowest BCUT2D eigenvalue weighted by molar-refractivity contribution is -0.402. The topological polar surface area (TPSA) is 73.2 Å². The molecule has 1 aliphatic carbocycles. The van der Waals surface area contributed by atoms with Gasteiger partial charge in [-0.3, -0.25) is 10.1 Å². The Bertz CT molecular complexity index is 1560. The first-order valence-electron chi connectivity index (χ1n) is 11.9. The molecule has 0 saturated carbocycles. The lowest BCUT2D eigenvalue weighted by atomic mass is 9.78. The quantitative estimate of drug-likeness (QED) is 0.178. The number of nitrogens with one attached hydrogen (secondary N) is 1. The molecule has 1 N–H and O–H groups in total. The Hall–Kier alpha value is -4.32. The zero-order chi connectivity index (χ0) is 23.8.